The molecule has 1 N–H and O–H groups in total. The zero-order valence-corrected chi connectivity index (χ0v) is 11.0. The molecule has 4 nitrogen and oxygen atoms in total. The highest BCUT2D eigenvalue weighted by Crippen LogP contribution is 2.29. The van der Waals surface area contributed by atoms with Crippen molar-refractivity contribution in [3.63, 3.8) is 0 Å². The summed E-state index contributed by atoms with van der Waals surface area (Å²) < 4.78 is 5.71. The Morgan fingerprint density at radius 1 is 1.33 bits per heavy atom. The fourth-order valence-electron chi connectivity index (χ4n) is 2.02. The molecule has 0 spiro atoms. The van der Waals surface area contributed by atoms with Crippen molar-refractivity contribution in [3.05, 3.63) is 29.2 Å². The number of carboxylic acids is 1. The fraction of sp³-hybridized carbons (Fsp3) is 0.429. The molecule has 2 aromatic rings. The summed E-state index contributed by atoms with van der Waals surface area (Å²) >= 11 is 0. The summed E-state index contributed by atoms with van der Waals surface area (Å²) in [5.74, 6) is -1.10. The third kappa shape index (κ3) is 2.10. The van der Waals surface area contributed by atoms with E-state index in [1.54, 1.807) is 6.92 Å². The summed E-state index contributed by atoms with van der Waals surface area (Å²) in [6.45, 7) is 7.46. The van der Waals surface area contributed by atoms with Gasteiger partial charge in [-0.2, -0.15) is 0 Å². The number of hydrogen-bond acceptors (Lipinski definition) is 3. The van der Waals surface area contributed by atoms with Gasteiger partial charge in [-0.15, -0.1) is 0 Å². The van der Waals surface area contributed by atoms with E-state index >= 15 is 0 Å². The van der Waals surface area contributed by atoms with Crippen LogP contribution >= 0.6 is 0 Å². The van der Waals surface area contributed by atoms with Crippen LogP contribution in [0.15, 0.2) is 16.5 Å². The molecule has 0 radical (unpaired) electrons. The monoisotopic (exact) mass is 247 g/mol. The number of carbonyl (C=O) groups is 1. The van der Waals surface area contributed by atoms with E-state index < -0.39 is 11.9 Å². The molecule has 1 heterocycles. The van der Waals surface area contributed by atoms with Gasteiger partial charge in [-0.3, -0.25) is 4.79 Å². The number of benzene rings is 1. The molecule has 4 heteroatoms. The van der Waals surface area contributed by atoms with Gasteiger partial charge < -0.3 is 9.52 Å². The quantitative estimate of drug-likeness (QED) is 0.904. The van der Waals surface area contributed by atoms with Crippen LogP contribution in [-0.4, -0.2) is 16.1 Å². The lowest BCUT2D eigenvalue weighted by atomic mass is 9.96. The molecule has 0 aliphatic rings. The smallest absolute Gasteiger partial charge is 0.307 e. The predicted octanol–water partition coefficient (Wildman–Crippen LogP) is 3.27. The van der Waals surface area contributed by atoms with Crippen LogP contribution in [0, 0.1) is 19.8 Å². The van der Waals surface area contributed by atoms with E-state index in [4.69, 9.17) is 9.52 Å². The van der Waals surface area contributed by atoms with Crippen molar-refractivity contribution in [1.82, 2.24) is 4.98 Å². The maximum Gasteiger partial charge on any atom is 0.307 e. The number of aryl methyl sites for hydroxylation is 2. The van der Waals surface area contributed by atoms with Gasteiger partial charge in [0.05, 0.1) is 5.92 Å². The Bertz CT molecular complexity index is 600. The van der Waals surface area contributed by atoms with Gasteiger partial charge in [-0.05, 0) is 31.0 Å². The van der Waals surface area contributed by atoms with E-state index in [2.05, 4.69) is 4.98 Å². The SMILES string of the molecule is Cc1cc(C)c2oc(C(C)C(C)C(=O)O)nc2c1. The topological polar surface area (TPSA) is 63.3 Å². The van der Waals surface area contributed by atoms with Crippen molar-refractivity contribution < 1.29 is 14.3 Å². The first-order valence-electron chi connectivity index (χ1n) is 6.00. The number of carboxylic acid groups (broad SMARTS) is 1. The molecule has 96 valence electrons. The van der Waals surface area contributed by atoms with Crippen LogP contribution in [0.1, 0.15) is 36.8 Å². The Balaban J connectivity index is 2.47. The number of aromatic nitrogens is 1. The summed E-state index contributed by atoms with van der Waals surface area (Å²) in [6, 6.07) is 3.98. The van der Waals surface area contributed by atoms with Gasteiger partial charge in [-0.25, -0.2) is 4.98 Å². The number of hydrogen-bond donors (Lipinski definition) is 1. The lowest BCUT2D eigenvalue weighted by Gasteiger charge is -2.11. The van der Waals surface area contributed by atoms with Crippen molar-refractivity contribution in [2.45, 2.75) is 33.6 Å². The molecule has 2 unspecified atom stereocenters. The Kier molecular flexibility index (Phi) is 3.11. The normalized spacial score (nSPS) is 14.7. The zero-order valence-electron chi connectivity index (χ0n) is 11.0. The number of oxazole rings is 1. The van der Waals surface area contributed by atoms with Gasteiger partial charge in [0.15, 0.2) is 11.5 Å². The summed E-state index contributed by atoms with van der Waals surface area (Å²) in [5.41, 5.74) is 3.70. The van der Waals surface area contributed by atoms with Gasteiger partial charge in [0, 0.05) is 5.92 Å². The Morgan fingerprint density at radius 3 is 2.61 bits per heavy atom. The highest BCUT2D eigenvalue weighted by atomic mass is 16.4. The second-order valence-corrected chi connectivity index (χ2v) is 4.90. The molecule has 0 fully saturated rings. The van der Waals surface area contributed by atoms with E-state index in [1.807, 2.05) is 32.9 Å². The lowest BCUT2D eigenvalue weighted by molar-refractivity contribution is -0.141. The molecule has 0 aliphatic heterocycles. The largest absolute Gasteiger partial charge is 0.481 e. The first kappa shape index (κ1) is 12.6. The van der Waals surface area contributed by atoms with E-state index in [0.717, 1.165) is 22.2 Å². The van der Waals surface area contributed by atoms with E-state index in [0.29, 0.717) is 5.89 Å². The highest BCUT2D eigenvalue weighted by Gasteiger charge is 2.25. The van der Waals surface area contributed by atoms with Gasteiger partial charge in [-0.1, -0.05) is 19.9 Å². The fourth-order valence-corrected chi connectivity index (χ4v) is 2.02. The predicted molar refractivity (Wildman–Crippen MR) is 68.7 cm³/mol. The summed E-state index contributed by atoms with van der Waals surface area (Å²) in [7, 11) is 0. The molecule has 0 saturated carbocycles. The van der Waals surface area contributed by atoms with Gasteiger partial charge in [0.1, 0.15) is 5.52 Å². The van der Waals surface area contributed by atoms with E-state index in [1.165, 1.54) is 0 Å². The third-order valence-corrected chi connectivity index (χ3v) is 3.37. The van der Waals surface area contributed by atoms with Crippen molar-refractivity contribution in [2.24, 2.45) is 5.92 Å². The Morgan fingerprint density at radius 2 is 2.00 bits per heavy atom. The van der Waals surface area contributed by atoms with Crippen LogP contribution in [0.25, 0.3) is 11.1 Å². The van der Waals surface area contributed by atoms with Crippen LogP contribution in [0.4, 0.5) is 0 Å². The standard InChI is InChI=1S/C14H17NO3/c1-7-5-8(2)12-11(6-7)15-13(18-12)9(3)10(4)14(16)17/h5-6,9-10H,1-4H3,(H,16,17). The third-order valence-electron chi connectivity index (χ3n) is 3.37. The Hall–Kier alpha value is -1.84. The van der Waals surface area contributed by atoms with Crippen LogP contribution in [0.3, 0.4) is 0 Å². The summed E-state index contributed by atoms with van der Waals surface area (Å²) in [4.78, 5) is 15.4. The average molecular weight is 247 g/mol. The summed E-state index contributed by atoms with van der Waals surface area (Å²) in [5, 5.41) is 9.02. The molecular weight excluding hydrogens is 230 g/mol. The Labute approximate surface area is 106 Å². The molecule has 0 amide bonds. The second kappa shape index (κ2) is 4.44. The van der Waals surface area contributed by atoms with E-state index in [-0.39, 0.29) is 5.92 Å². The lowest BCUT2D eigenvalue weighted by Crippen LogP contribution is -2.16. The van der Waals surface area contributed by atoms with Crippen molar-refractivity contribution in [3.8, 4) is 0 Å². The molecule has 2 rings (SSSR count). The van der Waals surface area contributed by atoms with Crippen molar-refractivity contribution >= 4 is 17.1 Å². The number of nitrogens with zero attached hydrogens (tertiary/aromatic N) is 1. The van der Waals surface area contributed by atoms with E-state index in [9.17, 15) is 4.79 Å². The van der Waals surface area contributed by atoms with Crippen LogP contribution in [0.5, 0.6) is 0 Å². The van der Waals surface area contributed by atoms with Gasteiger partial charge in [0.2, 0.25) is 0 Å². The first-order valence-corrected chi connectivity index (χ1v) is 6.00. The summed E-state index contributed by atoms with van der Waals surface area (Å²) in [6.07, 6.45) is 0. The molecule has 0 saturated heterocycles. The van der Waals surface area contributed by atoms with Gasteiger partial charge >= 0.3 is 5.97 Å². The minimum Gasteiger partial charge on any atom is -0.481 e. The number of rotatable bonds is 3. The number of fused-ring (bicyclic) bond motifs is 1. The maximum absolute atomic E-state index is 11.0. The van der Waals surface area contributed by atoms with Gasteiger partial charge in [0.25, 0.3) is 0 Å². The molecule has 1 aromatic heterocycles. The minimum absolute atomic E-state index is 0.241. The van der Waals surface area contributed by atoms with Crippen LogP contribution in [-0.2, 0) is 4.79 Å². The molecule has 0 bridgehead atoms. The molecule has 0 aliphatic carbocycles. The van der Waals surface area contributed by atoms with Crippen molar-refractivity contribution in [2.75, 3.05) is 0 Å². The zero-order chi connectivity index (χ0) is 13.4. The molecular formula is C14H17NO3. The minimum atomic E-state index is -0.836. The van der Waals surface area contributed by atoms with Crippen LogP contribution in [0.2, 0.25) is 0 Å². The molecule has 18 heavy (non-hydrogen) atoms. The molecule has 1 aromatic carbocycles. The van der Waals surface area contributed by atoms with Crippen molar-refractivity contribution in [1.29, 1.82) is 0 Å². The average Bonchev–Trinajstić information content (AvgIpc) is 2.70. The first-order chi connectivity index (χ1) is 8.40. The second-order valence-electron chi connectivity index (χ2n) is 4.90. The van der Waals surface area contributed by atoms with Crippen LogP contribution < -0.4 is 0 Å². The highest BCUT2D eigenvalue weighted by molar-refractivity contribution is 5.77. The maximum atomic E-state index is 11.0. The number of aliphatic carboxylic acids is 1. The molecule has 2 atom stereocenters.